The molecule has 1 aliphatic rings. The van der Waals surface area contributed by atoms with Crippen molar-refractivity contribution >= 4 is 36.1 Å². The second kappa shape index (κ2) is 14.7. The van der Waals surface area contributed by atoms with Crippen molar-refractivity contribution < 1.29 is 33.5 Å². The number of esters is 2. The minimum absolute atomic E-state index is 0. The maximum Gasteiger partial charge on any atom is 0.404 e. The van der Waals surface area contributed by atoms with Crippen LogP contribution in [0.2, 0.25) is 0 Å². The number of allylic oxidation sites excluding steroid dienone is 1. The fourth-order valence-electron chi connectivity index (χ4n) is 4.25. The molecule has 0 aromatic heterocycles. The van der Waals surface area contributed by atoms with Gasteiger partial charge in [0.2, 0.25) is 0 Å². The average Bonchev–Trinajstić information content (AvgIpc) is 2.91. The van der Waals surface area contributed by atoms with Crippen molar-refractivity contribution in [3.8, 4) is 0 Å². The molecule has 4 N–H and O–H groups in total. The molecular formula is C27H31ClN4O8. The molecule has 1 amide bonds. The van der Waals surface area contributed by atoms with Gasteiger partial charge in [-0.05, 0) is 30.5 Å². The van der Waals surface area contributed by atoms with Crippen LogP contribution >= 0.6 is 12.4 Å². The molecule has 1 atom stereocenters. The van der Waals surface area contributed by atoms with Gasteiger partial charge in [-0.1, -0.05) is 36.4 Å². The molecule has 0 spiro atoms. The number of nitrogens with one attached hydrogen (secondary N) is 2. The summed E-state index contributed by atoms with van der Waals surface area (Å²) < 4.78 is 15.4. The number of nitro benzene ring substituents is 1. The maximum absolute atomic E-state index is 13.4. The van der Waals surface area contributed by atoms with Crippen molar-refractivity contribution in [2.75, 3.05) is 26.9 Å². The smallest absolute Gasteiger partial charge is 0.404 e. The summed E-state index contributed by atoms with van der Waals surface area (Å²) in [7, 11) is 1.15. The number of dihydropyridines is 1. The molecule has 0 radical (unpaired) electrons. The normalized spacial score (nSPS) is 14.5. The van der Waals surface area contributed by atoms with Gasteiger partial charge in [0.05, 0.1) is 34.8 Å². The van der Waals surface area contributed by atoms with Gasteiger partial charge >= 0.3 is 18.0 Å². The molecule has 2 aromatic rings. The second-order valence-corrected chi connectivity index (χ2v) is 8.68. The zero-order valence-corrected chi connectivity index (χ0v) is 23.0. The van der Waals surface area contributed by atoms with Crippen LogP contribution in [-0.4, -0.2) is 49.8 Å². The molecule has 0 bridgehead atoms. The monoisotopic (exact) mass is 574 g/mol. The Morgan fingerprint density at radius 1 is 1.05 bits per heavy atom. The van der Waals surface area contributed by atoms with Crippen molar-refractivity contribution in [1.82, 2.24) is 10.6 Å². The van der Waals surface area contributed by atoms with E-state index < -0.39 is 35.5 Å². The topological polar surface area (TPSA) is 172 Å². The van der Waals surface area contributed by atoms with Crippen LogP contribution in [0.25, 0.3) is 0 Å². The van der Waals surface area contributed by atoms with Crippen molar-refractivity contribution in [2.24, 2.45) is 5.73 Å². The Bertz CT molecular complexity index is 1340. The number of amides is 1. The molecule has 3 rings (SSSR count). The lowest BCUT2D eigenvalue weighted by molar-refractivity contribution is -0.384. The zero-order valence-electron chi connectivity index (χ0n) is 22.2. The quantitative estimate of drug-likeness (QED) is 0.119. The van der Waals surface area contributed by atoms with Gasteiger partial charge in [0.25, 0.3) is 5.69 Å². The number of benzene rings is 2. The molecule has 1 heterocycles. The summed E-state index contributed by atoms with van der Waals surface area (Å²) >= 11 is 0. The second-order valence-electron chi connectivity index (χ2n) is 8.68. The molecule has 0 saturated heterocycles. The third-order valence-corrected chi connectivity index (χ3v) is 6.13. The standard InChI is InChI=1S/C27H30N4O8.ClH/c1-16-7-4-5-8-19(16)14-29-11-12-38-26(33)22-17(2)30-21(15-39-27(28)34)24(25(32)37-3)23(22)18-9-6-10-20(13-18)31(35)36;/h4-10,13,23,29-30H,11-12,14-15H2,1-3H3,(H2,28,34);1H. The first kappa shape index (κ1) is 31.8. The van der Waals surface area contributed by atoms with Crippen LogP contribution in [0.4, 0.5) is 10.5 Å². The van der Waals surface area contributed by atoms with E-state index in [1.165, 1.54) is 18.2 Å². The number of hydrogen-bond donors (Lipinski definition) is 3. The highest BCUT2D eigenvalue weighted by molar-refractivity contribution is 6.00. The van der Waals surface area contributed by atoms with Crippen LogP contribution in [0.3, 0.4) is 0 Å². The van der Waals surface area contributed by atoms with Crippen LogP contribution < -0.4 is 16.4 Å². The molecule has 1 unspecified atom stereocenters. The minimum Gasteiger partial charge on any atom is -0.466 e. The van der Waals surface area contributed by atoms with E-state index in [0.717, 1.165) is 18.2 Å². The lowest BCUT2D eigenvalue weighted by Gasteiger charge is -2.31. The van der Waals surface area contributed by atoms with Crippen molar-refractivity contribution in [3.63, 3.8) is 0 Å². The molecule has 2 aromatic carbocycles. The number of hydrogen-bond acceptors (Lipinski definition) is 10. The van der Waals surface area contributed by atoms with Gasteiger partial charge in [-0.15, -0.1) is 12.4 Å². The summed E-state index contributed by atoms with van der Waals surface area (Å²) in [5, 5.41) is 17.6. The zero-order chi connectivity index (χ0) is 28.5. The number of nitro groups is 1. The summed E-state index contributed by atoms with van der Waals surface area (Å²) in [6.07, 6.45) is -1.08. The Labute approximate surface area is 237 Å². The molecule has 40 heavy (non-hydrogen) atoms. The van der Waals surface area contributed by atoms with E-state index in [4.69, 9.17) is 19.9 Å². The Morgan fingerprint density at radius 2 is 1.77 bits per heavy atom. The van der Waals surface area contributed by atoms with E-state index >= 15 is 0 Å². The van der Waals surface area contributed by atoms with E-state index in [1.807, 2.05) is 31.2 Å². The van der Waals surface area contributed by atoms with Crippen molar-refractivity contribution in [2.45, 2.75) is 26.3 Å². The summed E-state index contributed by atoms with van der Waals surface area (Å²) in [5.41, 5.74) is 7.78. The van der Waals surface area contributed by atoms with Crippen LogP contribution in [0.15, 0.2) is 71.1 Å². The summed E-state index contributed by atoms with van der Waals surface area (Å²) in [4.78, 5) is 48.5. The van der Waals surface area contributed by atoms with Gasteiger partial charge < -0.3 is 30.6 Å². The molecule has 0 saturated carbocycles. The van der Waals surface area contributed by atoms with Crippen molar-refractivity contribution in [3.05, 3.63) is 97.9 Å². The SMILES string of the molecule is COC(=O)C1=C(COC(N)=O)NC(C)=C(C(=O)OCCNCc2ccccc2C)C1c1cccc([N+](=O)[O-])c1.Cl. The number of rotatable bonds is 11. The first-order chi connectivity index (χ1) is 18.6. The van der Waals surface area contributed by atoms with Gasteiger partial charge in [-0.2, -0.15) is 0 Å². The molecular weight excluding hydrogens is 544 g/mol. The predicted octanol–water partition coefficient (Wildman–Crippen LogP) is 3.14. The predicted molar refractivity (Wildman–Crippen MR) is 147 cm³/mol. The van der Waals surface area contributed by atoms with Gasteiger partial charge in [0, 0.05) is 30.9 Å². The number of methoxy groups -OCH3 is 1. The lowest BCUT2D eigenvalue weighted by Crippen LogP contribution is -2.35. The maximum atomic E-state index is 13.4. The average molecular weight is 575 g/mol. The molecule has 13 heteroatoms. The van der Waals surface area contributed by atoms with Gasteiger partial charge in [-0.25, -0.2) is 14.4 Å². The molecule has 0 aliphatic carbocycles. The Hall–Kier alpha value is -4.42. The van der Waals surface area contributed by atoms with Crippen LogP contribution in [0.1, 0.15) is 29.5 Å². The largest absolute Gasteiger partial charge is 0.466 e. The van der Waals surface area contributed by atoms with Gasteiger partial charge in [0.1, 0.15) is 13.2 Å². The molecule has 0 fully saturated rings. The highest BCUT2D eigenvalue weighted by atomic mass is 35.5. The number of nitrogens with zero attached hydrogens (tertiary/aromatic N) is 1. The first-order valence-electron chi connectivity index (χ1n) is 12.0. The summed E-state index contributed by atoms with van der Waals surface area (Å²) in [5.74, 6) is -2.68. The Balaban J connectivity index is 0.00000560. The fourth-order valence-corrected chi connectivity index (χ4v) is 4.25. The molecule has 1 aliphatic heterocycles. The van der Waals surface area contributed by atoms with Crippen LogP contribution in [0, 0.1) is 17.0 Å². The van der Waals surface area contributed by atoms with Crippen LogP contribution in [0.5, 0.6) is 0 Å². The lowest BCUT2D eigenvalue weighted by atomic mass is 9.80. The highest BCUT2D eigenvalue weighted by Crippen LogP contribution is 2.40. The van der Waals surface area contributed by atoms with E-state index in [9.17, 15) is 24.5 Å². The number of ether oxygens (including phenoxy) is 3. The minimum atomic E-state index is -1.11. The third-order valence-electron chi connectivity index (χ3n) is 6.13. The van der Waals surface area contributed by atoms with E-state index in [1.54, 1.807) is 13.0 Å². The van der Waals surface area contributed by atoms with E-state index in [2.05, 4.69) is 10.6 Å². The number of primary amides is 1. The molecule has 12 nitrogen and oxygen atoms in total. The number of halogens is 1. The number of nitrogens with two attached hydrogens (primary N) is 1. The van der Waals surface area contributed by atoms with Gasteiger partial charge in [0.15, 0.2) is 0 Å². The van der Waals surface area contributed by atoms with Crippen LogP contribution in [-0.2, 0) is 30.3 Å². The number of carbonyl (C=O) groups excluding carboxylic acids is 3. The fraction of sp³-hybridized carbons (Fsp3) is 0.296. The Morgan fingerprint density at radius 3 is 2.42 bits per heavy atom. The first-order valence-corrected chi connectivity index (χ1v) is 12.0. The molecule has 214 valence electrons. The van der Waals surface area contributed by atoms with E-state index in [-0.39, 0.29) is 47.1 Å². The van der Waals surface area contributed by atoms with E-state index in [0.29, 0.717) is 18.8 Å². The number of aryl methyl sites for hydroxylation is 1. The number of carbonyl (C=O) groups is 3. The van der Waals surface area contributed by atoms with Crippen molar-refractivity contribution in [1.29, 1.82) is 0 Å². The third kappa shape index (κ3) is 7.80. The number of non-ortho nitro benzene ring substituents is 1. The Kier molecular flexibility index (Phi) is 11.7. The van der Waals surface area contributed by atoms with Gasteiger partial charge in [-0.3, -0.25) is 10.1 Å². The summed E-state index contributed by atoms with van der Waals surface area (Å²) in [6.45, 7) is 4.13. The summed E-state index contributed by atoms with van der Waals surface area (Å²) in [6, 6.07) is 13.4. The highest BCUT2D eigenvalue weighted by Gasteiger charge is 2.39.